The third kappa shape index (κ3) is 3.38. The van der Waals surface area contributed by atoms with Crippen LogP contribution in [0.15, 0.2) is 29.2 Å². The van der Waals surface area contributed by atoms with Crippen LogP contribution in [0, 0.1) is 5.92 Å². The summed E-state index contributed by atoms with van der Waals surface area (Å²) in [5.41, 5.74) is 6.40. The minimum atomic E-state index is -3.42. The van der Waals surface area contributed by atoms with Crippen molar-refractivity contribution in [2.45, 2.75) is 17.9 Å². The Hall–Kier alpha value is -0.950. The highest BCUT2D eigenvalue weighted by Gasteiger charge is 2.27. The van der Waals surface area contributed by atoms with E-state index in [1.165, 1.54) is 4.31 Å². The van der Waals surface area contributed by atoms with Gasteiger partial charge in [-0.25, -0.2) is 12.7 Å². The number of rotatable bonds is 5. The van der Waals surface area contributed by atoms with E-state index in [2.05, 4.69) is 11.9 Å². The van der Waals surface area contributed by atoms with E-state index in [-0.39, 0.29) is 0 Å². The van der Waals surface area contributed by atoms with Crippen molar-refractivity contribution in [3.8, 4) is 0 Å². The van der Waals surface area contributed by atoms with E-state index in [0.717, 1.165) is 25.1 Å². The van der Waals surface area contributed by atoms with E-state index in [9.17, 15) is 8.42 Å². The van der Waals surface area contributed by atoms with Crippen molar-refractivity contribution in [2.75, 3.05) is 33.7 Å². The largest absolute Gasteiger partial charge is 0.326 e. The molecule has 2 rings (SSSR count). The second-order valence-electron chi connectivity index (χ2n) is 5.55. The van der Waals surface area contributed by atoms with Crippen LogP contribution in [0.5, 0.6) is 0 Å². The van der Waals surface area contributed by atoms with E-state index in [4.69, 9.17) is 5.73 Å². The van der Waals surface area contributed by atoms with Crippen LogP contribution < -0.4 is 5.73 Å². The van der Waals surface area contributed by atoms with Gasteiger partial charge in [0.1, 0.15) is 0 Å². The van der Waals surface area contributed by atoms with Crippen molar-refractivity contribution in [1.29, 1.82) is 0 Å². The Kier molecular flexibility index (Phi) is 4.80. The van der Waals surface area contributed by atoms with Crippen molar-refractivity contribution in [1.82, 2.24) is 9.21 Å². The first kappa shape index (κ1) is 15.4. The molecule has 112 valence electrons. The van der Waals surface area contributed by atoms with Crippen LogP contribution in [0.25, 0.3) is 0 Å². The lowest BCUT2D eigenvalue weighted by Gasteiger charge is -2.21. The Morgan fingerprint density at radius 1 is 1.45 bits per heavy atom. The van der Waals surface area contributed by atoms with Crippen LogP contribution in [0.3, 0.4) is 0 Å². The first-order valence-electron chi connectivity index (χ1n) is 6.87. The maximum Gasteiger partial charge on any atom is 0.242 e. The molecule has 1 fully saturated rings. The molecule has 0 spiro atoms. The van der Waals surface area contributed by atoms with Crippen molar-refractivity contribution in [3.05, 3.63) is 29.8 Å². The summed E-state index contributed by atoms with van der Waals surface area (Å²) < 4.78 is 26.5. The quantitative estimate of drug-likeness (QED) is 0.869. The molecule has 0 aliphatic carbocycles. The van der Waals surface area contributed by atoms with Crippen molar-refractivity contribution >= 4 is 10.0 Å². The molecule has 0 saturated carbocycles. The Morgan fingerprint density at radius 2 is 2.20 bits per heavy atom. The summed E-state index contributed by atoms with van der Waals surface area (Å²) in [6.07, 6.45) is 1.05. The van der Waals surface area contributed by atoms with Gasteiger partial charge in [-0.05, 0) is 43.6 Å². The second-order valence-corrected chi connectivity index (χ2v) is 7.60. The van der Waals surface area contributed by atoms with Gasteiger partial charge in [0.25, 0.3) is 0 Å². The smallest absolute Gasteiger partial charge is 0.242 e. The topological polar surface area (TPSA) is 66.6 Å². The summed E-state index contributed by atoms with van der Waals surface area (Å²) in [5, 5.41) is 0. The van der Waals surface area contributed by atoms with Gasteiger partial charge in [0.15, 0.2) is 0 Å². The molecule has 1 aliphatic rings. The number of nitrogens with two attached hydrogens (primary N) is 1. The van der Waals surface area contributed by atoms with Gasteiger partial charge < -0.3 is 10.6 Å². The van der Waals surface area contributed by atoms with Crippen molar-refractivity contribution in [2.24, 2.45) is 11.7 Å². The Labute approximate surface area is 121 Å². The summed E-state index contributed by atoms with van der Waals surface area (Å²) in [4.78, 5) is 2.56. The predicted octanol–water partition coefficient (Wildman–Crippen LogP) is 0.718. The van der Waals surface area contributed by atoms with E-state index in [0.29, 0.717) is 23.9 Å². The summed E-state index contributed by atoms with van der Waals surface area (Å²) >= 11 is 0. The molecule has 1 aliphatic heterocycles. The number of hydrogen-bond donors (Lipinski definition) is 1. The highest BCUT2D eigenvalue weighted by atomic mass is 32.2. The molecule has 2 N–H and O–H groups in total. The molecule has 1 heterocycles. The number of nitrogens with zero attached hydrogens (tertiary/aromatic N) is 2. The molecule has 6 heteroatoms. The molecule has 1 unspecified atom stereocenters. The lowest BCUT2D eigenvalue weighted by atomic mass is 10.1. The van der Waals surface area contributed by atoms with E-state index in [1.807, 2.05) is 6.07 Å². The van der Waals surface area contributed by atoms with Crippen LogP contribution in [-0.4, -0.2) is 51.4 Å². The molecule has 1 aromatic carbocycles. The highest BCUT2D eigenvalue weighted by Crippen LogP contribution is 2.20. The fraction of sp³-hybridized carbons (Fsp3) is 0.571. The van der Waals surface area contributed by atoms with Gasteiger partial charge in [-0.1, -0.05) is 12.1 Å². The Bertz CT molecular complexity index is 559. The third-order valence-corrected chi connectivity index (χ3v) is 5.67. The number of sulfonamides is 1. The molecule has 20 heavy (non-hydrogen) atoms. The van der Waals surface area contributed by atoms with Crippen molar-refractivity contribution < 1.29 is 8.42 Å². The second kappa shape index (κ2) is 6.22. The molecule has 1 saturated heterocycles. The van der Waals surface area contributed by atoms with Crippen LogP contribution in [-0.2, 0) is 16.6 Å². The summed E-state index contributed by atoms with van der Waals surface area (Å²) in [7, 11) is 0.307. The van der Waals surface area contributed by atoms with Crippen LogP contribution in [0.4, 0.5) is 0 Å². The normalized spacial score (nSPS) is 20.7. The number of likely N-dealkylation sites (tertiary alicyclic amines) is 1. The summed E-state index contributed by atoms with van der Waals surface area (Å²) in [6, 6.07) is 6.87. The molecule has 0 aromatic heterocycles. The van der Waals surface area contributed by atoms with Gasteiger partial charge >= 0.3 is 0 Å². The monoisotopic (exact) mass is 297 g/mol. The number of hydrogen-bond acceptors (Lipinski definition) is 4. The van der Waals surface area contributed by atoms with E-state index >= 15 is 0 Å². The molecule has 0 amide bonds. The average Bonchev–Trinajstić information content (AvgIpc) is 2.84. The molecular formula is C14H23N3O2S. The highest BCUT2D eigenvalue weighted by molar-refractivity contribution is 7.89. The fourth-order valence-electron chi connectivity index (χ4n) is 2.65. The molecule has 0 radical (unpaired) electrons. The van der Waals surface area contributed by atoms with Gasteiger partial charge in [-0.15, -0.1) is 0 Å². The number of benzene rings is 1. The van der Waals surface area contributed by atoms with Crippen LogP contribution in [0.2, 0.25) is 0 Å². The van der Waals surface area contributed by atoms with Crippen LogP contribution >= 0.6 is 0 Å². The predicted molar refractivity (Wildman–Crippen MR) is 79.8 cm³/mol. The molecule has 5 nitrogen and oxygen atoms in total. The summed E-state index contributed by atoms with van der Waals surface area (Å²) in [5.74, 6) is 0.414. The molecule has 0 bridgehead atoms. The van der Waals surface area contributed by atoms with Gasteiger partial charge in [0.05, 0.1) is 4.90 Å². The molecule has 1 aromatic rings. The third-order valence-electron chi connectivity index (χ3n) is 3.85. The maximum absolute atomic E-state index is 12.5. The van der Waals surface area contributed by atoms with E-state index in [1.54, 1.807) is 25.2 Å². The summed E-state index contributed by atoms with van der Waals surface area (Å²) in [6.45, 7) is 2.92. The zero-order chi connectivity index (χ0) is 14.8. The lowest BCUT2D eigenvalue weighted by molar-refractivity contribution is 0.356. The van der Waals surface area contributed by atoms with Gasteiger partial charge in [-0.3, -0.25) is 0 Å². The minimum absolute atomic E-state index is 0.328. The Balaban J connectivity index is 2.12. The molecular weight excluding hydrogens is 274 g/mol. The molecule has 1 atom stereocenters. The van der Waals surface area contributed by atoms with Gasteiger partial charge in [0.2, 0.25) is 10.0 Å². The van der Waals surface area contributed by atoms with Gasteiger partial charge in [-0.2, -0.15) is 0 Å². The van der Waals surface area contributed by atoms with Crippen molar-refractivity contribution in [3.63, 3.8) is 0 Å². The zero-order valence-corrected chi connectivity index (χ0v) is 12.9. The lowest BCUT2D eigenvalue weighted by Crippen LogP contribution is -2.33. The first-order chi connectivity index (χ1) is 9.43. The minimum Gasteiger partial charge on any atom is -0.326 e. The fourth-order valence-corrected chi connectivity index (χ4v) is 3.97. The SMILES string of the molecule is CN1CCC(CN(C)S(=O)(=O)c2cccc(CN)c2)C1. The van der Waals surface area contributed by atoms with E-state index < -0.39 is 10.0 Å². The van der Waals surface area contributed by atoms with Gasteiger partial charge in [0, 0.05) is 26.7 Å². The first-order valence-corrected chi connectivity index (χ1v) is 8.31. The zero-order valence-electron chi connectivity index (χ0n) is 12.1. The maximum atomic E-state index is 12.5. The standard InChI is InChI=1S/C14H23N3O2S/c1-16-7-6-13(10-16)11-17(2)20(18,19)14-5-3-4-12(8-14)9-15/h3-5,8,13H,6-7,9-11,15H2,1-2H3. The average molecular weight is 297 g/mol. The Morgan fingerprint density at radius 3 is 2.80 bits per heavy atom. The van der Waals surface area contributed by atoms with Crippen LogP contribution in [0.1, 0.15) is 12.0 Å².